The van der Waals surface area contributed by atoms with Crippen molar-refractivity contribution in [3.63, 3.8) is 0 Å². The van der Waals surface area contributed by atoms with Crippen molar-refractivity contribution in [1.29, 1.82) is 0 Å². The standard InChI is InChI=1S/C12H14ClF3N2O/c1-7(8-3-5-9(13)6-4-8)18-10(19)11(2,17)12(14,15)16/h3-7H,17H2,1-2H3,(H,18,19)/t7-,11?/m0/s1. The van der Waals surface area contributed by atoms with E-state index >= 15 is 0 Å². The Balaban J connectivity index is 2.80. The number of nitrogens with one attached hydrogen (secondary N) is 1. The van der Waals surface area contributed by atoms with Crippen LogP contribution in [0.1, 0.15) is 25.5 Å². The van der Waals surface area contributed by atoms with E-state index in [-0.39, 0.29) is 0 Å². The summed E-state index contributed by atoms with van der Waals surface area (Å²) in [7, 11) is 0. The van der Waals surface area contributed by atoms with Crippen molar-refractivity contribution in [3.8, 4) is 0 Å². The Morgan fingerprint density at radius 2 is 1.79 bits per heavy atom. The van der Waals surface area contributed by atoms with E-state index in [1.165, 1.54) is 0 Å². The van der Waals surface area contributed by atoms with Gasteiger partial charge in [0, 0.05) is 5.02 Å². The molecule has 106 valence electrons. The third-order valence-electron chi connectivity index (χ3n) is 2.78. The average molecular weight is 295 g/mol. The molecule has 0 bridgehead atoms. The van der Waals surface area contributed by atoms with Gasteiger partial charge in [0.05, 0.1) is 6.04 Å². The molecule has 0 spiro atoms. The smallest absolute Gasteiger partial charge is 0.348 e. The summed E-state index contributed by atoms with van der Waals surface area (Å²) in [5.74, 6) is -1.28. The maximum Gasteiger partial charge on any atom is 0.415 e. The highest BCUT2D eigenvalue weighted by atomic mass is 35.5. The second kappa shape index (κ2) is 5.38. The number of halogens is 4. The molecule has 0 saturated carbocycles. The van der Waals surface area contributed by atoms with Crippen LogP contribution in [0.2, 0.25) is 5.02 Å². The van der Waals surface area contributed by atoms with Crippen molar-refractivity contribution in [1.82, 2.24) is 5.32 Å². The van der Waals surface area contributed by atoms with Gasteiger partial charge < -0.3 is 11.1 Å². The zero-order chi connectivity index (χ0) is 14.8. The molecule has 1 aromatic rings. The lowest BCUT2D eigenvalue weighted by atomic mass is 10.0. The Morgan fingerprint density at radius 1 is 1.32 bits per heavy atom. The topological polar surface area (TPSA) is 55.1 Å². The normalized spacial score (nSPS) is 16.6. The summed E-state index contributed by atoms with van der Waals surface area (Å²) in [5, 5.41) is 2.74. The maximum atomic E-state index is 12.6. The maximum absolute atomic E-state index is 12.6. The number of carbonyl (C=O) groups excluding carboxylic acids is 1. The molecule has 1 aromatic carbocycles. The Bertz CT molecular complexity index is 457. The van der Waals surface area contributed by atoms with E-state index in [9.17, 15) is 18.0 Å². The minimum absolute atomic E-state index is 0.501. The minimum atomic E-state index is -4.81. The van der Waals surface area contributed by atoms with Crippen molar-refractivity contribution < 1.29 is 18.0 Å². The summed E-state index contributed by atoms with van der Waals surface area (Å²) in [6, 6.07) is 5.81. The van der Waals surface area contributed by atoms with Crippen LogP contribution in [0.3, 0.4) is 0 Å². The molecular weight excluding hydrogens is 281 g/mol. The molecule has 3 nitrogen and oxygen atoms in total. The van der Waals surface area contributed by atoms with E-state index in [1.807, 2.05) is 0 Å². The molecule has 0 saturated heterocycles. The van der Waals surface area contributed by atoms with Crippen molar-refractivity contribution in [2.24, 2.45) is 5.73 Å². The van der Waals surface area contributed by atoms with Crippen LogP contribution in [-0.4, -0.2) is 17.6 Å². The SMILES string of the molecule is C[C@H](NC(=O)C(C)(N)C(F)(F)F)c1ccc(Cl)cc1. The molecule has 0 fully saturated rings. The Labute approximate surface area is 113 Å². The summed E-state index contributed by atoms with van der Waals surface area (Å²) in [4.78, 5) is 11.6. The first-order valence-corrected chi connectivity index (χ1v) is 5.85. The van der Waals surface area contributed by atoms with Gasteiger partial charge in [0.15, 0.2) is 5.54 Å². The fraction of sp³-hybridized carbons (Fsp3) is 0.417. The third kappa shape index (κ3) is 3.61. The van der Waals surface area contributed by atoms with E-state index in [4.69, 9.17) is 17.3 Å². The Kier molecular flexibility index (Phi) is 4.47. The molecule has 1 rings (SSSR count). The second-order valence-corrected chi connectivity index (χ2v) is 4.88. The van der Waals surface area contributed by atoms with Crippen LogP contribution in [0.25, 0.3) is 0 Å². The second-order valence-electron chi connectivity index (χ2n) is 4.45. The predicted octanol–water partition coefficient (Wildman–Crippen LogP) is 2.80. The first kappa shape index (κ1) is 15.8. The van der Waals surface area contributed by atoms with E-state index in [0.29, 0.717) is 17.5 Å². The molecule has 0 aliphatic heterocycles. The lowest BCUT2D eigenvalue weighted by molar-refractivity contribution is -0.187. The van der Waals surface area contributed by atoms with Crippen LogP contribution in [0.4, 0.5) is 13.2 Å². The van der Waals surface area contributed by atoms with Gasteiger partial charge in [-0.15, -0.1) is 0 Å². The van der Waals surface area contributed by atoms with Gasteiger partial charge in [-0.05, 0) is 31.5 Å². The molecule has 0 aliphatic rings. The van der Waals surface area contributed by atoms with Gasteiger partial charge in [0.1, 0.15) is 0 Å². The van der Waals surface area contributed by atoms with Crippen LogP contribution in [0.5, 0.6) is 0 Å². The van der Waals surface area contributed by atoms with E-state index in [2.05, 4.69) is 5.32 Å². The minimum Gasteiger partial charge on any atom is -0.348 e. The molecule has 0 aromatic heterocycles. The first-order valence-electron chi connectivity index (χ1n) is 5.47. The first-order chi connectivity index (χ1) is 8.55. The molecule has 3 N–H and O–H groups in total. The molecule has 0 radical (unpaired) electrons. The summed E-state index contributed by atoms with van der Waals surface area (Å²) in [6.45, 7) is 2.20. The number of hydrogen-bond acceptors (Lipinski definition) is 2. The van der Waals surface area contributed by atoms with Crippen LogP contribution in [-0.2, 0) is 4.79 Å². The highest BCUT2D eigenvalue weighted by molar-refractivity contribution is 6.30. The van der Waals surface area contributed by atoms with Crippen LogP contribution in [0.15, 0.2) is 24.3 Å². The quantitative estimate of drug-likeness (QED) is 0.900. The summed E-state index contributed by atoms with van der Waals surface area (Å²) in [5.41, 5.74) is 2.74. The number of alkyl halides is 3. The van der Waals surface area contributed by atoms with Crippen LogP contribution >= 0.6 is 11.6 Å². The van der Waals surface area contributed by atoms with Gasteiger partial charge in [-0.1, -0.05) is 23.7 Å². The van der Waals surface area contributed by atoms with Gasteiger partial charge in [0.2, 0.25) is 5.91 Å². The fourth-order valence-corrected chi connectivity index (χ4v) is 1.44. The van der Waals surface area contributed by atoms with Gasteiger partial charge in [-0.25, -0.2) is 0 Å². The Hall–Kier alpha value is -1.27. The summed E-state index contributed by atoms with van der Waals surface area (Å²) >= 11 is 5.70. The van der Waals surface area contributed by atoms with Crippen LogP contribution in [0, 0.1) is 0 Å². The van der Waals surface area contributed by atoms with Gasteiger partial charge in [0.25, 0.3) is 0 Å². The molecule has 7 heteroatoms. The van der Waals surface area contributed by atoms with E-state index in [1.54, 1.807) is 31.2 Å². The summed E-state index contributed by atoms with van der Waals surface area (Å²) in [6.07, 6.45) is -4.81. The highest BCUT2D eigenvalue weighted by Gasteiger charge is 2.54. The predicted molar refractivity (Wildman–Crippen MR) is 66.7 cm³/mol. The number of hydrogen-bond donors (Lipinski definition) is 2. The zero-order valence-corrected chi connectivity index (χ0v) is 11.1. The molecule has 0 aliphatic carbocycles. The zero-order valence-electron chi connectivity index (χ0n) is 10.4. The van der Waals surface area contributed by atoms with Crippen molar-refractivity contribution in [2.45, 2.75) is 31.6 Å². The van der Waals surface area contributed by atoms with Gasteiger partial charge in [-0.3, -0.25) is 4.79 Å². The third-order valence-corrected chi connectivity index (χ3v) is 3.03. The van der Waals surface area contributed by atoms with Crippen molar-refractivity contribution >= 4 is 17.5 Å². The highest BCUT2D eigenvalue weighted by Crippen LogP contribution is 2.28. The monoisotopic (exact) mass is 294 g/mol. The van der Waals surface area contributed by atoms with E-state index in [0.717, 1.165) is 0 Å². The number of amides is 1. The molecule has 19 heavy (non-hydrogen) atoms. The van der Waals surface area contributed by atoms with Crippen LogP contribution < -0.4 is 11.1 Å². The lowest BCUT2D eigenvalue weighted by Crippen LogP contribution is -2.61. The molecule has 1 amide bonds. The number of benzene rings is 1. The molecule has 1 unspecified atom stereocenters. The van der Waals surface area contributed by atoms with Gasteiger partial charge >= 0.3 is 6.18 Å². The van der Waals surface area contributed by atoms with Gasteiger partial charge in [-0.2, -0.15) is 13.2 Å². The molecular formula is C12H14ClF3N2O. The Morgan fingerprint density at radius 3 is 2.21 bits per heavy atom. The van der Waals surface area contributed by atoms with Crippen molar-refractivity contribution in [2.75, 3.05) is 0 Å². The summed E-state index contributed by atoms with van der Waals surface area (Å²) < 4.78 is 37.8. The molecule has 0 heterocycles. The molecule has 2 atom stereocenters. The fourth-order valence-electron chi connectivity index (χ4n) is 1.31. The average Bonchev–Trinajstić information content (AvgIpc) is 2.28. The largest absolute Gasteiger partial charge is 0.415 e. The number of carbonyl (C=O) groups is 1. The van der Waals surface area contributed by atoms with E-state index < -0.39 is 23.7 Å². The number of rotatable bonds is 3. The van der Waals surface area contributed by atoms with Crippen molar-refractivity contribution in [3.05, 3.63) is 34.9 Å². The number of nitrogens with two attached hydrogens (primary N) is 1. The lowest BCUT2D eigenvalue weighted by Gasteiger charge is -2.28.